The molecule has 0 saturated carbocycles. The number of allylic oxidation sites excluding steroid dienone is 8. The summed E-state index contributed by atoms with van der Waals surface area (Å²) in [6, 6.07) is 5.92. The summed E-state index contributed by atoms with van der Waals surface area (Å²) in [5.74, 6) is 2.84. The molecule has 0 fully saturated rings. The molecule has 0 bridgehead atoms. The highest BCUT2D eigenvalue weighted by atomic mass is 16.1. The van der Waals surface area contributed by atoms with Gasteiger partial charge in [0, 0.05) is 5.69 Å². The molecule has 0 saturated heterocycles. The van der Waals surface area contributed by atoms with Crippen molar-refractivity contribution >= 4 is 17.7 Å². The second kappa shape index (κ2) is 11.6. The lowest BCUT2D eigenvalue weighted by Crippen LogP contribution is -2.33. The van der Waals surface area contributed by atoms with Crippen LogP contribution in [0.25, 0.3) is 6.08 Å². The second-order valence-corrected chi connectivity index (χ2v) is 12.2. The number of benzene rings is 1. The maximum absolute atomic E-state index is 12.9. The van der Waals surface area contributed by atoms with Crippen LogP contribution in [0.15, 0.2) is 70.4 Å². The van der Waals surface area contributed by atoms with Gasteiger partial charge in [-0.15, -0.1) is 6.42 Å². The van der Waals surface area contributed by atoms with E-state index in [9.17, 15) is 4.79 Å². The van der Waals surface area contributed by atoms with Crippen molar-refractivity contribution in [2.24, 2.45) is 16.7 Å². The van der Waals surface area contributed by atoms with Crippen LogP contribution in [0.4, 0.5) is 5.69 Å². The van der Waals surface area contributed by atoms with E-state index in [1.54, 1.807) is 17.2 Å². The van der Waals surface area contributed by atoms with Gasteiger partial charge in [-0.25, -0.2) is 0 Å². The summed E-state index contributed by atoms with van der Waals surface area (Å²) in [4.78, 5) is 12.9. The van der Waals surface area contributed by atoms with Crippen molar-refractivity contribution in [2.45, 2.75) is 87.5 Å². The Labute approximate surface area is 225 Å². The Bertz CT molecular complexity index is 1240. The molecule has 0 aromatic heterocycles. The number of nitrogens with one attached hydrogen (secondary N) is 1. The number of aryl methyl sites for hydroxylation is 1. The minimum Gasteiger partial charge on any atom is -0.321 e. The van der Waals surface area contributed by atoms with E-state index in [1.165, 1.54) is 29.6 Å². The van der Waals surface area contributed by atoms with Crippen LogP contribution in [0.2, 0.25) is 0 Å². The lowest BCUT2D eigenvalue weighted by atomic mass is 9.59. The zero-order valence-corrected chi connectivity index (χ0v) is 24.2. The first-order valence-corrected chi connectivity index (χ1v) is 13.7. The standard InChI is InChI=1S/C35H45NO/c1-10-12-13-28-22-30(17-15-25(28)4)36-33(37)27(11-2)16-14-24(3)20-29-23-32-31(21-26(29)5)34(6,7)18-19-35(32,8)9/h2,12-17,22-23,26H,10,18-21H2,1,3-9H3,(H,36,37)/b13-12-,24-14+,27-16+. The Morgan fingerprint density at radius 1 is 1.16 bits per heavy atom. The van der Waals surface area contributed by atoms with Crippen LogP contribution in [0.3, 0.4) is 0 Å². The van der Waals surface area contributed by atoms with Gasteiger partial charge in [-0.3, -0.25) is 4.79 Å². The lowest BCUT2D eigenvalue weighted by Gasteiger charge is -2.46. The topological polar surface area (TPSA) is 29.1 Å². The summed E-state index contributed by atoms with van der Waals surface area (Å²) in [7, 11) is 0. The Balaban J connectivity index is 1.77. The summed E-state index contributed by atoms with van der Waals surface area (Å²) in [6.45, 7) is 18.2. The van der Waals surface area contributed by atoms with Gasteiger partial charge in [-0.05, 0) is 97.6 Å². The average Bonchev–Trinajstić information content (AvgIpc) is 2.83. The molecule has 2 nitrogen and oxygen atoms in total. The van der Waals surface area contributed by atoms with Crippen molar-refractivity contribution in [2.75, 3.05) is 5.32 Å². The van der Waals surface area contributed by atoms with Crippen LogP contribution in [0, 0.1) is 36.0 Å². The fourth-order valence-electron chi connectivity index (χ4n) is 5.48. The predicted octanol–water partition coefficient (Wildman–Crippen LogP) is 9.36. The van der Waals surface area contributed by atoms with E-state index in [4.69, 9.17) is 6.42 Å². The highest BCUT2D eigenvalue weighted by Crippen LogP contribution is 2.54. The molecule has 1 amide bonds. The van der Waals surface area contributed by atoms with Crippen LogP contribution in [-0.2, 0) is 4.79 Å². The molecule has 0 radical (unpaired) electrons. The minimum atomic E-state index is -0.257. The van der Waals surface area contributed by atoms with Gasteiger partial charge in [0.1, 0.15) is 0 Å². The monoisotopic (exact) mass is 495 g/mol. The Hall–Kier alpha value is -3.05. The number of hydrogen-bond donors (Lipinski definition) is 1. The van der Waals surface area contributed by atoms with Crippen LogP contribution < -0.4 is 5.32 Å². The summed E-state index contributed by atoms with van der Waals surface area (Å²) >= 11 is 0. The fraction of sp³-hybridized carbons (Fsp3) is 0.457. The number of terminal acetylenes is 1. The lowest BCUT2D eigenvalue weighted by molar-refractivity contribution is -0.112. The summed E-state index contributed by atoms with van der Waals surface area (Å²) in [5, 5.41) is 2.97. The zero-order chi connectivity index (χ0) is 27.4. The number of rotatable bonds is 7. The third-order valence-electron chi connectivity index (χ3n) is 8.21. The molecule has 1 unspecified atom stereocenters. The second-order valence-electron chi connectivity index (χ2n) is 12.2. The van der Waals surface area contributed by atoms with E-state index in [0.29, 0.717) is 11.5 Å². The fourth-order valence-corrected chi connectivity index (χ4v) is 5.48. The molecule has 2 aliphatic carbocycles. The molecule has 1 aromatic carbocycles. The summed E-state index contributed by atoms with van der Waals surface area (Å²) < 4.78 is 0. The molecule has 1 aromatic rings. The molecule has 196 valence electrons. The quantitative estimate of drug-likeness (QED) is 0.228. The smallest absolute Gasteiger partial charge is 0.264 e. The van der Waals surface area contributed by atoms with Crippen LogP contribution in [0.5, 0.6) is 0 Å². The van der Waals surface area contributed by atoms with Crippen molar-refractivity contribution in [1.82, 2.24) is 0 Å². The molecule has 2 heteroatoms. The normalized spacial score (nSPS) is 21.4. The maximum atomic E-state index is 12.9. The third-order valence-corrected chi connectivity index (χ3v) is 8.21. The van der Waals surface area contributed by atoms with E-state index in [1.807, 2.05) is 24.3 Å². The predicted molar refractivity (Wildman–Crippen MR) is 160 cm³/mol. The molecule has 0 heterocycles. The summed E-state index contributed by atoms with van der Waals surface area (Å²) in [5.41, 5.74) is 9.74. The maximum Gasteiger partial charge on any atom is 0.264 e. The first kappa shape index (κ1) is 28.5. The van der Waals surface area contributed by atoms with Gasteiger partial charge in [-0.1, -0.05) is 94.6 Å². The van der Waals surface area contributed by atoms with Gasteiger partial charge in [-0.2, -0.15) is 0 Å². The minimum absolute atomic E-state index is 0.227. The third kappa shape index (κ3) is 6.84. The number of anilines is 1. The molecule has 0 aliphatic heterocycles. The number of hydrogen-bond acceptors (Lipinski definition) is 1. The zero-order valence-electron chi connectivity index (χ0n) is 24.2. The molecule has 1 N–H and O–H groups in total. The van der Waals surface area contributed by atoms with Crippen molar-refractivity contribution in [1.29, 1.82) is 0 Å². The number of carbonyl (C=O) groups is 1. The molecule has 1 atom stereocenters. The summed E-state index contributed by atoms with van der Waals surface area (Å²) in [6.07, 6.45) is 21.7. The molecule has 2 aliphatic rings. The number of amides is 1. The van der Waals surface area contributed by atoms with Gasteiger partial charge < -0.3 is 5.32 Å². The van der Waals surface area contributed by atoms with Crippen LogP contribution >= 0.6 is 0 Å². The van der Waals surface area contributed by atoms with E-state index in [0.717, 1.165) is 30.5 Å². The largest absolute Gasteiger partial charge is 0.321 e. The number of carbonyl (C=O) groups excluding carboxylic acids is 1. The Kier molecular flexibility index (Phi) is 8.91. The van der Waals surface area contributed by atoms with Gasteiger partial charge in [0.15, 0.2) is 0 Å². The van der Waals surface area contributed by atoms with Crippen LogP contribution in [-0.4, -0.2) is 5.91 Å². The molecule has 3 rings (SSSR count). The first-order chi connectivity index (χ1) is 17.4. The molecular weight excluding hydrogens is 450 g/mol. The van der Waals surface area contributed by atoms with Crippen molar-refractivity contribution in [3.63, 3.8) is 0 Å². The average molecular weight is 496 g/mol. The van der Waals surface area contributed by atoms with Gasteiger partial charge in [0.05, 0.1) is 5.57 Å². The van der Waals surface area contributed by atoms with E-state index < -0.39 is 0 Å². The van der Waals surface area contributed by atoms with E-state index in [2.05, 4.69) is 84.9 Å². The van der Waals surface area contributed by atoms with Crippen molar-refractivity contribution < 1.29 is 4.79 Å². The SMILES string of the molecule is C#C/C(=C\C=C(/C)CC1=CC2=C(CC1C)C(C)(C)CCC2(C)C)C(=O)Nc1ccc(C)c(/C=C\CC)c1. The molecular formula is C35H45NO. The van der Waals surface area contributed by atoms with E-state index in [-0.39, 0.29) is 16.7 Å². The van der Waals surface area contributed by atoms with Crippen molar-refractivity contribution in [3.05, 3.63) is 81.5 Å². The Morgan fingerprint density at radius 2 is 1.86 bits per heavy atom. The molecule has 0 spiro atoms. The first-order valence-electron chi connectivity index (χ1n) is 13.7. The van der Waals surface area contributed by atoms with Crippen LogP contribution in [0.1, 0.15) is 91.7 Å². The van der Waals surface area contributed by atoms with Gasteiger partial charge in [0.25, 0.3) is 5.91 Å². The Morgan fingerprint density at radius 3 is 2.54 bits per heavy atom. The van der Waals surface area contributed by atoms with Gasteiger partial charge in [0.2, 0.25) is 0 Å². The highest BCUT2D eigenvalue weighted by molar-refractivity contribution is 6.07. The van der Waals surface area contributed by atoms with Gasteiger partial charge >= 0.3 is 0 Å². The molecule has 37 heavy (non-hydrogen) atoms. The van der Waals surface area contributed by atoms with Crippen molar-refractivity contribution in [3.8, 4) is 12.3 Å². The highest BCUT2D eigenvalue weighted by Gasteiger charge is 2.40. The van der Waals surface area contributed by atoms with E-state index >= 15 is 0 Å².